The largest absolute Gasteiger partial charge is 0.380 e. The molecule has 0 aliphatic rings. The number of anilines is 1. The first-order valence-electron chi connectivity index (χ1n) is 6.00. The van der Waals surface area contributed by atoms with Crippen LogP contribution in [0.3, 0.4) is 0 Å². The fraction of sp³-hybridized carbons (Fsp3) is 0.214. The second-order valence-electron chi connectivity index (χ2n) is 4.11. The van der Waals surface area contributed by atoms with Gasteiger partial charge >= 0.3 is 0 Å². The molecule has 0 aliphatic carbocycles. The van der Waals surface area contributed by atoms with Crippen molar-refractivity contribution in [1.82, 2.24) is 4.98 Å². The average molecular weight is 274 g/mol. The monoisotopic (exact) mass is 274 g/mol. The van der Waals surface area contributed by atoms with Gasteiger partial charge in [-0.25, -0.2) is 4.98 Å². The number of benzene rings is 1. The van der Waals surface area contributed by atoms with Gasteiger partial charge in [0.25, 0.3) is 0 Å². The van der Waals surface area contributed by atoms with E-state index in [1.807, 2.05) is 16.8 Å². The standard InChI is InChI=1S/C14H14N2S2/c1-2-11-4-5-12(18-11)8-15-10-3-6-13-14(7-10)17-9-16-13/h3-7,9,15H,2,8H2,1H3. The predicted molar refractivity (Wildman–Crippen MR) is 80.6 cm³/mol. The molecule has 3 aromatic rings. The van der Waals surface area contributed by atoms with Gasteiger partial charge in [0, 0.05) is 22.0 Å². The second-order valence-corrected chi connectivity index (χ2v) is 6.25. The lowest BCUT2D eigenvalue weighted by Crippen LogP contribution is -1.96. The van der Waals surface area contributed by atoms with Crippen molar-refractivity contribution in [3.63, 3.8) is 0 Å². The minimum atomic E-state index is 0.898. The van der Waals surface area contributed by atoms with E-state index in [4.69, 9.17) is 0 Å². The van der Waals surface area contributed by atoms with Gasteiger partial charge in [-0.3, -0.25) is 0 Å². The molecule has 0 saturated heterocycles. The Balaban J connectivity index is 1.72. The lowest BCUT2D eigenvalue weighted by molar-refractivity contribution is 1.19. The number of nitrogens with zero attached hydrogens (tertiary/aromatic N) is 1. The number of aromatic nitrogens is 1. The number of hydrogen-bond donors (Lipinski definition) is 1. The van der Waals surface area contributed by atoms with E-state index in [9.17, 15) is 0 Å². The van der Waals surface area contributed by atoms with Crippen LogP contribution < -0.4 is 5.32 Å². The number of rotatable bonds is 4. The lowest BCUT2D eigenvalue weighted by Gasteiger charge is -2.04. The smallest absolute Gasteiger partial charge is 0.0813 e. The van der Waals surface area contributed by atoms with E-state index >= 15 is 0 Å². The summed E-state index contributed by atoms with van der Waals surface area (Å²) < 4.78 is 1.24. The van der Waals surface area contributed by atoms with Crippen LogP contribution in [0.1, 0.15) is 16.7 Å². The van der Waals surface area contributed by atoms with Crippen molar-refractivity contribution in [3.05, 3.63) is 45.6 Å². The van der Waals surface area contributed by atoms with Crippen LogP contribution >= 0.6 is 22.7 Å². The Labute approximate surface area is 114 Å². The van der Waals surface area contributed by atoms with Crippen molar-refractivity contribution in [1.29, 1.82) is 0 Å². The Kier molecular flexibility index (Phi) is 3.30. The Hall–Kier alpha value is -1.39. The number of aryl methyl sites for hydroxylation is 1. The molecule has 1 aromatic carbocycles. The number of thiophene rings is 1. The van der Waals surface area contributed by atoms with E-state index in [1.165, 1.54) is 14.5 Å². The van der Waals surface area contributed by atoms with Gasteiger partial charge in [0.15, 0.2) is 0 Å². The summed E-state index contributed by atoms with van der Waals surface area (Å²) in [5.74, 6) is 0. The Morgan fingerprint density at radius 1 is 1.17 bits per heavy atom. The Bertz CT molecular complexity index is 654. The van der Waals surface area contributed by atoms with E-state index in [1.54, 1.807) is 11.3 Å². The highest BCUT2D eigenvalue weighted by Gasteiger charge is 2.01. The summed E-state index contributed by atoms with van der Waals surface area (Å²) in [6.07, 6.45) is 1.12. The SMILES string of the molecule is CCc1ccc(CNc2ccc3ncsc3c2)s1. The van der Waals surface area contributed by atoms with Crippen molar-refractivity contribution >= 4 is 38.6 Å². The van der Waals surface area contributed by atoms with Gasteiger partial charge < -0.3 is 5.32 Å². The summed E-state index contributed by atoms with van der Waals surface area (Å²) in [6, 6.07) is 10.8. The van der Waals surface area contributed by atoms with Crippen LogP contribution in [0, 0.1) is 0 Å². The Morgan fingerprint density at radius 3 is 2.89 bits per heavy atom. The molecule has 2 nitrogen and oxygen atoms in total. The number of fused-ring (bicyclic) bond motifs is 1. The third-order valence-electron chi connectivity index (χ3n) is 2.86. The fourth-order valence-corrected chi connectivity index (χ4v) is 3.48. The van der Waals surface area contributed by atoms with E-state index < -0.39 is 0 Å². The van der Waals surface area contributed by atoms with E-state index in [0.717, 1.165) is 24.2 Å². The maximum atomic E-state index is 4.29. The summed E-state index contributed by atoms with van der Waals surface area (Å²) in [6.45, 7) is 3.09. The highest BCUT2D eigenvalue weighted by atomic mass is 32.1. The van der Waals surface area contributed by atoms with Gasteiger partial charge in [-0.15, -0.1) is 22.7 Å². The fourth-order valence-electron chi connectivity index (χ4n) is 1.86. The molecule has 0 atom stereocenters. The number of thiazole rings is 1. The molecule has 2 aromatic heterocycles. The summed E-state index contributed by atoms with van der Waals surface area (Å²) in [7, 11) is 0. The van der Waals surface area contributed by atoms with Crippen LogP contribution in [-0.4, -0.2) is 4.98 Å². The maximum absolute atomic E-state index is 4.29. The van der Waals surface area contributed by atoms with E-state index in [-0.39, 0.29) is 0 Å². The van der Waals surface area contributed by atoms with Gasteiger partial charge in [-0.2, -0.15) is 0 Å². The van der Waals surface area contributed by atoms with Gasteiger partial charge in [-0.1, -0.05) is 6.92 Å². The summed E-state index contributed by atoms with van der Waals surface area (Å²) in [5, 5.41) is 3.47. The molecule has 0 aliphatic heterocycles. The third-order valence-corrected chi connectivity index (χ3v) is 4.89. The minimum Gasteiger partial charge on any atom is -0.380 e. The summed E-state index contributed by atoms with van der Waals surface area (Å²) >= 11 is 3.57. The first-order valence-corrected chi connectivity index (χ1v) is 7.69. The zero-order chi connectivity index (χ0) is 12.4. The van der Waals surface area contributed by atoms with Crippen molar-refractivity contribution in [2.45, 2.75) is 19.9 Å². The zero-order valence-electron chi connectivity index (χ0n) is 10.1. The Morgan fingerprint density at radius 2 is 2.06 bits per heavy atom. The molecule has 0 amide bonds. The van der Waals surface area contributed by atoms with Crippen LogP contribution in [0.4, 0.5) is 5.69 Å². The van der Waals surface area contributed by atoms with E-state index in [0.29, 0.717) is 0 Å². The molecular weight excluding hydrogens is 260 g/mol. The van der Waals surface area contributed by atoms with Crippen LogP contribution in [0.15, 0.2) is 35.8 Å². The molecule has 0 radical (unpaired) electrons. The van der Waals surface area contributed by atoms with Gasteiger partial charge in [0.2, 0.25) is 0 Å². The molecule has 1 N–H and O–H groups in total. The molecule has 18 heavy (non-hydrogen) atoms. The van der Waals surface area contributed by atoms with Crippen LogP contribution in [0.25, 0.3) is 10.2 Å². The van der Waals surface area contributed by atoms with Gasteiger partial charge in [0.1, 0.15) is 0 Å². The van der Waals surface area contributed by atoms with Gasteiger partial charge in [0.05, 0.1) is 15.7 Å². The summed E-state index contributed by atoms with van der Waals surface area (Å²) in [4.78, 5) is 7.12. The molecule has 3 rings (SSSR count). The molecular formula is C14H14N2S2. The van der Waals surface area contributed by atoms with Crippen molar-refractivity contribution in [2.24, 2.45) is 0 Å². The van der Waals surface area contributed by atoms with E-state index in [2.05, 4.69) is 47.6 Å². The highest BCUT2D eigenvalue weighted by molar-refractivity contribution is 7.16. The van der Waals surface area contributed by atoms with Crippen molar-refractivity contribution in [2.75, 3.05) is 5.32 Å². The minimum absolute atomic E-state index is 0.898. The molecule has 0 unspecified atom stereocenters. The third kappa shape index (κ3) is 2.40. The van der Waals surface area contributed by atoms with Crippen LogP contribution in [0.2, 0.25) is 0 Å². The molecule has 0 spiro atoms. The molecule has 0 bridgehead atoms. The van der Waals surface area contributed by atoms with Crippen LogP contribution in [0.5, 0.6) is 0 Å². The average Bonchev–Trinajstić information content (AvgIpc) is 3.04. The molecule has 92 valence electrons. The number of hydrogen-bond acceptors (Lipinski definition) is 4. The predicted octanol–water partition coefficient (Wildman–Crippen LogP) is 4.53. The first-order chi connectivity index (χ1) is 8.85. The molecule has 0 saturated carbocycles. The zero-order valence-corrected chi connectivity index (χ0v) is 11.8. The molecule has 2 heterocycles. The van der Waals surface area contributed by atoms with Gasteiger partial charge in [-0.05, 0) is 36.8 Å². The van der Waals surface area contributed by atoms with Crippen molar-refractivity contribution < 1.29 is 0 Å². The maximum Gasteiger partial charge on any atom is 0.0813 e. The number of nitrogens with one attached hydrogen (secondary N) is 1. The molecule has 0 fully saturated rings. The quantitative estimate of drug-likeness (QED) is 0.756. The normalized spacial score (nSPS) is 10.9. The molecule has 4 heteroatoms. The lowest BCUT2D eigenvalue weighted by atomic mass is 10.3. The summed E-state index contributed by atoms with van der Waals surface area (Å²) in [5.41, 5.74) is 4.13. The topological polar surface area (TPSA) is 24.9 Å². The first kappa shape index (κ1) is 11.7. The van der Waals surface area contributed by atoms with Crippen molar-refractivity contribution in [3.8, 4) is 0 Å². The highest BCUT2D eigenvalue weighted by Crippen LogP contribution is 2.23. The second kappa shape index (κ2) is 5.08. The van der Waals surface area contributed by atoms with Crippen LogP contribution in [-0.2, 0) is 13.0 Å².